The highest BCUT2D eigenvalue weighted by Gasteiger charge is 2.22. The Bertz CT molecular complexity index is 402. The summed E-state index contributed by atoms with van der Waals surface area (Å²) in [6, 6.07) is 5.10. The van der Waals surface area contributed by atoms with Crippen molar-refractivity contribution in [1.29, 1.82) is 0 Å². The molecule has 1 aliphatic heterocycles. The fraction of sp³-hybridized carbons (Fsp3) is 0.667. The van der Waals surface area contributed by atoms with E-state index in [2.05, 4.69) is 51.7 Å². The van der Waals surface area contributed by atoms with Crippen LogP contribution in [0, 0.1) is 0 Å². The molecule has 2 rings (SSSR count). The first-order valence-electron chi connectivity index (χ1n) is 6.61. The van der Waals surface area contributed by atoms with E-state index in [1.54, 1.807) is 0 Å². The smallest absolute Gasteiger partial charge is 0.0464 e. The summed E-state index contributed by atoms with van der Waals surface area (Å²) in [7, 11) is 0. The van der Waals surface area contributed by atoms with Crippen molar-refractivity contribution in [3.63, 3.8) is 0 Å². The molecule has 94 valence electrons. The van der Waals surface area contributed by atoms with E-state index in [1.807, 2.05) is 0 Å². The minimum absolute atomic E-state index is 0.157. The largest absolute Gasteiger partial charge is 0.296 e. The lowest BCUT2D eigenvalue weighted by Gasteiger charge is -2.32. The molecule has 0 amide bonds. The van der Waals surface area contributed by atoms with Gasteiger partial charge in [-0.2, -0.15) is 0 Å². The molecule has 0 fully saturated rings. The van der Waals surface area contributed by atoms with Gasteiger partial charge in [0.25, 0.3) is 0 Å². The Morgan fingerprint density at radius 2 is 1.94 bits per heavy atom. The zero-order chi connectivity index (χ0) is 12.6. The predicted molar refractivity (Wildman–Crippen MR) is 72.2 cm³/mol. The number of hydrogen-bond acceptors (Lipinski definition) is 2. The van der Waals surface area contributed by atoms with Crippen molar-refractivity contribution in [2.24, 2.45) is 0 Å². The molecule has 1 aromatic heterocycles. The molecule has 1 aromatic rings. The molecule has 1 aliphatic rings. The van der Waals surface area contributed by atoms with Crippen LogP contribution in [0.5, 0.6) is 0 Å². The lowest BCUT2D eigenvalue weighted by atomic mass is 9.90. The number of rotatable bonds is 1. The summed E-state index contributed by atoms with van der Waals surface area (Å²) in [5.74, 6) is 0. The lowest BCUT2D eigenvalue weighted by molar-refractivity contribution is 0.201. The molecule has 0 bridgehead atoms. The number of fused-ring (bicyclic) bond motifs is 1. The van der Waals surface area contributed by atoms with Gasteiger partial charge in [0.15, 0.2) is 0 Å². The second-order valence-corrected chi connectivity index (χ2v) is 6.37. The number of hydrogen-bond donors (Lipinski definition) is 0. The van der Waals surface area contributed by atoms with Crippen LogP contribution in [-0.4, -0.2) is 22.5 Å². The third kappa shape index (κ3) is 2.68. The topological polar surface area (TPSA) is 16.1 Å². The minimum atomic E-state index is 0.157. The van der Waals surface area contributed by atoms with Gasteiger partial charge in [0, 0.05) is 42.4 Å². The molecule has 0 spiro atoms. The third-order valence-corrected chi connectivity index (χ3v) is 3.58. The fourth-order valence-corrected chi connectivity index (χ4v) is 2.30. The van der Waals surface area contributed by atoms with E-state index in [0.29, 0.717) is 6.04 Å². The van der Waals surface area contributed by atoms with Crippen LogP contribution in [0.1, 0.15) is 51.6 Å². The second kappa shape index (κ2) is 4.41. The van der Waals surface area contributed by atoms with Crippen molar-refractivity contribution in [3.8, 4) is 0 Å². The maximum Gasteiger partial charge on any atom is 0.0464 e. The molecular weight excluding hydrogens is 208 g/mol. The lowest BCUT2D eigenvalue weighted by Crippen LogP contribution is -2.36. The molecule has 0 atom stereocenters. The van der Waals surface area contributed by atoms with Crippen molar-refractivity contribution < 1.29 is 0 Å². The predicted octanol–water partition coefficient (Wildman–Crippen LogP) is 3.15. The van der Waals surface area contributed by atoms with Crippen molar-refractivity contribution in [2.45, 2.75) is 59.0 Å². The zero-order valence-electron chi connectivity index (χ0n) is 11.7. The third-order valence-electron chi connectivity index (χ3n) is 3.58. The maximum absolute atomic E-state index is 4.85. The molecule has 0 unspecified atom stereocenters. The summed E-state index contributed by atoms with van der Waals surface area (Å²) in [6.45, 7) is 13.4. The zero-order valence-corrected chi connectivity index (χ0v) is 11.7. The maximum atomic E-state index is 4.85. The number of nitrogens with zero attached hydrogens (tertiary/aromatic N) is 2. The van der Waals surface area contributed by atoms with Gasteiger partial charge in [-0.1, -0.05) is 26.8 Å². The Morgan fingerprint density at radius 3 is 2.53 bits per heavy atom. The van der Waals surface area contributed by atoms with E-state index in [4.69, 9.17) is 4.98 Å². The first-order chi connectivity index (χ1) is 7.88. The van der Waals surface area contributed by atoms with Crippen LogP contribution in [0.2, 0.25) is 0 Å². The summed E-state index contributed by atoms with van der Waals surface area (Å²) >= 11 is 0. The first-order valence-corrected chi connectivity index (χ1v) is 6.61. The molecule has 0 aliphatic carbocycles. The van der Waals surface area contributed by atoms with E-state index >= 15 is 0 Å². The summed E-state index contributed by atoms with van der Waals surface area (Å²) in [6.07, 6.45) is 1.09. The van der Waals surface area contributed by atoms with E-state index in [-0.39, 0.29) is 5.41 Å². The summed E-state index contributed by atoms with van der Waals surface area (Å²) < 4.78 is 0. The van der Waals surface area contributed by atoms with Crippen LogP contribution < -0.4 is 0 Å². The van der Waals surface area contributed by atoms with Gasteiger partial charge in [-0.15, -0.1) is 0 Å². The van der Waals surface area contributed by atoms with E-state index in [9.17, 15) is 0 Å². The molecule has 0 N–H and O–H groups in total. The minimum Gasteiger partial charge on any atom is -0.296 e. The first kappa shape index (κ1) is 12.6. The number of pyridine rings is 1. The van der Waals surface area contributed by atoms with E-state index in [0.717, 1.165) is 19.5 Å². The van der Waals surface area contributed by atoms with Crippen molar-refractivity contribution in [1.82, 2.24) is 9.88 Å². The standard InChI is InChI=1S/C15H24N2/c1-11(2)17-9-8-13-12(10-17)6-7-14(16-13)15(3,4)5/h6-7,11H,8-10H2,1-5H3. The van der Waals surface area contributed by atoms with Crippen LogP contribution in [0.3, 0.4) is 0 Å². The normalized spacial score (nSPS) is 17.3. The highest BCUT2D eigenvalue weighted by atomic mass is 15.2. The van der Waals surface area contributed by atoms with Gasteiger partial charge in [0.1, 0.15) is 0 Å². The number of aromatic nitrogens is 1. The Hall–Kier alpha value is -0.890. The molecular formula is C15H24N2. The Balaban J connectivity index is 2.26. The summed E-state index contributed by atoms with van der Waals surface area (Å²) in [4.78, 5) is 7.37. The van der Waals surface area contributed by atoms with E-state index in [1.165, 1.54) is 17.0 Å². The van der Waals surface area contributed by atoms with Crippen molar-refractivity contribution in [3.05, 3.63) is 29.1 Å². The van der Waals surface area contributed by atoms with Crippen LogP contribution in [0.25, 0.3) is 0 Å². The van der Waals surface area contributed by atoms with E-state index < -0.39 is 0 Å². The SMILES string of the molecule is CC(C)N1CCc2nc(C(C)(C)C)ccc2C1. The monoisotopic (exact) mass is 232 g/mol. The molecule has 2 nitrogen and oxygen atoms in total. The quantitative estimate of drug-likeness (QED) is 0.739. The average Bonchev–Trinajstić information content (AvgIpc) is 2.26. The average molecular weight is 232 g/mol. The molecule has 0 radical (unpaired) electrons. The highest BCUT2D eigenvalue weighted by Crippen LogP contribution is 2.25. The van der Waals surface area contributed by atoms with Gasteiger partial charge >= 0.3 is 0 Å². The molecule has 2 heteroatoms. The summed E-state index contributed by atoms with van der Waals surface area (Å²) in [5.41, 5.74) is 4.10. The van der Waals surface area contributed by atoms with Crippen LogP contribution >= 0.6 is 0 Å². The Labute approximate surface area is 105 Å². The molecule has 2 heterocycles. The molecule has 0 saturated heterocycles. The van der Waals surface area contributed by atoms with Gasteiger partial charge in [-0.3, -0.25) is 9.88 Å². The van der Waals surface area contributed by atoms with Crippen molar-refractivity contribution in [2.75, 3.05) is 6.54 Å². The van der Waals surface area contributed by atoms with Crippen molar-refractivity contribution >= 4 is 0 Å². The summed E-state index contributed by atoms with van der Waals surface area (Å²) in [5, 5.41) is 0. The van der Waals surface area contributed by atoms with Crippen LogP contribution in [0.4, 0.5) is 0 Å². The highest BCUT2D eigenvalue weighted by molar-refractivity contribution is 5.28. The molecule has 0 saturated carbocycles. The Morgan fingerprint density at radius 1 is 1.24 bits per heavy atom. The Kier molecular flexibility index (Phi) is 3.26. The second-order valence-electron chi connectivity index (χ2n) is 6.37. The van der Waals surface area contributed by atoms with Gasteiger partial charge in [-0.25, -0.2) is 0 Å². The van der Waals surface area contributed by atoms with Gasteiger partial charge in [-0.05, 0) is 25.5 Å². The fourth-order valence-electron chi connectivity index (χ4n) is 2.30. The molecule has 0 aromatic carbocycles. The van der Waals surface area contributed by atoms with Gasteiger partial charge < -0.3 is 0 Å². The van der Waals surface area contributed by atoms with Gasteiger partial charge in [0.05, 0.1) is 0 Å². The molecule has 17 heavy (non-hydrogen) atoms. The van der Waals surface area contributed by atoms with Gasteiger partial charge in [0.2, 0.25) is 0 Å². The van der Waals surface area contributed by atoms with Crippen LogP contribution in [0.15, 0.2) is 12.1 Å². The van der Waals surface area contributed by atoms with Crippen LogP contribution in [-0.2, 0) is 18.4 Å².